The number of hydrogen-bond acceptors (Lipinski definition) is 4. The largest absolute Gasteiger partial charge is 0.494 e. The zero-order chi connectivity index (χ0) is 15.1. The van der Waals surface area contributed by atoms with E-state index >= 15 is 0 Å². The average Bonchev–Trinajstić information content (AvgIpc) is 2.93. The summed E-state index contributed by atoms with van der Waals surface area (Å²) in [5, 5.41) is 3.55. The van der Waals surface area contributed by atoms with E-state index in [4.69, 9.17) is 15.2 Å². The minimum absolute atomic E-state index is 0.0518. The summed E-state index contributed by atoms with van der Waals surface area (Å²) in [7, 11) is 0. The lowest BCUT2D eigenvalue weighted by Crippen LogP contribution is -2.40. The summed E-state index contributed by atoms with van der Waals surface area (Å²) in [6.07, 6.45) is 3.27. The Bertz CT molecular complexity index is 431. The molecule has 3 N–H and O–H groups in total. The predicted molar refractivity (Wildman–Crippen MR) is 85.6 cm³/mol. The summed E-state index contributed by atoms with van der Waals surface area (Å²) < 4.78 is 11.5. The van der Waals surface area contributed by atoms with Crippen LogP contribution < -0.4 is 15.8 Å². The van der Waals surface area contributed by atoms with Crippen LogP contribution in [0, 0.1) is 0 Å². The van der Waals surface area contributed by atoms with Crippen molar-refractivity contribution in [3.63, 3.8) is 0 Å². The van der Waals surface area contributed by atoms with Gasteiger partial charge in [0.25, 0.3) is 0 Å². The molecule has 1 aliphatic heterocycles. The molecule has 0 amide bonds. The number of rotatable bonds is 8. The molecule has 0 aliphatic carbocycles. The molecule has 2 unspecified atom stereocenters. The van der Waals surface area contributed by atoms with E-state index < -0.39 is 0 Å². The van der Waals surface area contributed by atoms with Gasteiger partial charge in [-0.05, 0) is 43.9 Å². The number of nitrogens with two attached hydrogens (primary N) is 1. The van der Waals surface area contributed by atoms with Crippen molar-refractivity contribution in [3.8, 4) is 5.75 Å². The highest BCUT2D eigenvalue weighted by Crippen LogP contribution is 2.25. The third-order valence-corrected chi connectivity index (χ3v) is 3.99. The van der Waals surface area contributed by atoms with Crippen molar-refractivity contribution in [2.75, 3.05) is 26.3 Å². The SMILES string of the molecule is CCCOc1cccc(C(CN)NCC2(C)CCCO2)c1. The third-order valence-electron chi connectivity index (χ3n) is 3.99. The molecular formula is C17H28N2O2. The molecule has 1 aromatic rings. The van der Waals surface area contributed by atoms with E-state index in [0.29, 0.717) is 6.54 Å². The Kier molecular flexibility index (Phi) is 6.03. The molecule has 118 valence electrons. The maximum Gasteiger partial charge on any atom is 0.119 e. The minimum Gasteiger partial charge on any atom is -0.494 e. The molecule has 0 radical (unpaired) electrons. The molecule has 0 saturated carbocycles. The smallest absolute Gasteiger partial charge is 0.119 e. The first-order valence-corrected chi connectivity index (χ1v) is 7.97. The molecule has 4 heteroatoms. The van der Waals surface area contributed by atoms with Gasteiger partial charge in [-0.3, -0.25) is 0 Å². The fraction of sp³-hybridized carbons (Fsp3) is 0.647. The van der Waals surface area contributed by atoms with Crippen molar-refractivity contribution < 1.29 is 9.47 Å². The quantitative estimate of drug-likeness (QED) is 0.773. The first-order chi connectivity index (χ1) is 10.2. The maximum absolute atomic E-state index is 5.94. The van der Waals surface area contributed by atoms with Crippen LogP contribution in [0.3, 0.4) is 0 Å². The lowest BCUT2D eigenvalue weighted by molar-refractivity contribution is 0.0189. The van der Waals surface area contributed by atoms with Crippen LogP contribution in [0.2, 0.25) is 0 Å². The standard InChI is InChI=1S/C17H28N2O2/c1-3-9-20-15-7-4-6-14(11-15)16(12-18)19-13-17(2)8-5-10-21-17/h4,6-7,11,16,19H,3,5,8-10,12-13,18H2,1-2H3. The summed E-state index contributed by atoms with van der Waals surface area (Å²) in [5.74, 6) is 0.915. The molecule has 2 rings (SSSR count). The second kappa shape index (κ2) is 7.78. The lowest BCUT2D eigenvalue weighted by atomic mass is 10.0. The van der Waals surface area contributed by atoms with Gasteiger partial charge in [0.15, 0.2) is 0 Å². The molecule has 1 aliphatic rings. The first-order valence-electron chi connectivity index (χ1n) is 7.97. The van der Waals surface area contributed by atoms with E-state index in [1.165, 1.54) is 5.56 Å². The van der Waals surface area contributed by atoms with E-state index in [2.05, 4.69) is 31.3 Å². The molecule has 0 aromatic heterocycles. The van der Waals surface area contributed by atoms with Gasteiger partial charge in [-0.1, -0.05) is 19.1 Å². The molecular weight excluding hydrogens is 264 g/mol. The van der Waals surface area contributed by atoms with Crippen LogP contribution in [-0.4, -0.2) is 31.9 Å². The molecule has 1 fully saturated rings. The summed E-state index contributed by atoms with van der Waals surface area (Å²) in [6, 6.07) is 8.34. The van der Waals surface area contributed by atoms with Crippen LogP contribution in [0.1, 0.15) is 44.7 Å². The topological polar surface area (TPSA) is 56.5 Å². The Labute approximate surface area is 128 Å². The van der Waals surface area contributed by atoms with E-state index in [-0.39, 0.29) is 11.6 Å². The van der Waals surface area contributed by atoms with Crippen molar-refractivity contribution in [3.05, 3.63) is 29.8 Å². The van der Waals surface area contributed by atoms with E-state index in [1.807, 2.05) is 12.1 Å². The average molecular weight is 292 g/mol. The van der Waals surface area contributed by atoms with Gasteiger partial charge in [-0.2, -0.15) is 0 Å². The van der Waals surface area contributed by atoms with Crippen LogP contribution in [-0.2, 0) is 4.74 Å². The molecule has 1 heterocycles. The van der Waals surface area contributed by atoms with Crippen LogP contribution in [0.25, 0.3) is 0 Å². The molecule has 2 atom stereocenters. The molecule has 1 saturated heterocycles. The highest BCUT2D eigenvalue weighted by atomic mass is 16.5. The Hall–Kier alpha value is -1.10. The van der Waals surface area contributed by atoms with Gasteiger partial charge in [-0.25, -0.2) is 0 Å². The van der Waals surface area contributed by atoms with Gasteiger partial charge in [-0.15, -0.1) is 0 Å². The van der Waals surface area contributed by atoms with Gasteiger partial charge >= 0.3 is 0 Å². The van der Waals surface area contributed by atoms with E-state index in [0.717, 1.165) is 44.8 Å². The number of nitrogens with one attached hydrogen (secondary N) is 1. The van der Waals surface area contributed by atoms with Crippen molar-refractivity contribution >= 4 is 0 Å². The summed E-state index contributed by atoms with van der Waals surface area (Å²) in [4.78, 5) is 0. The Morgan fingerprint density at radius 1 is 1.48 bits per heavy atom. The summed E-state index contributed by atoms with van der Waals surface area (Å²) >= 11 is 0. The second-order valence-corrected chi connectivity index (χ2v) is 5.99. The van der Waals surface area contributed by atoms with Crippen LogP contribution in [0.5, 0.6) is 5.75 Å². The summed E-state index contributed by atoms with van der Waals surface area (Å²) in [5.41, 5.74) is 7.06. The normalized spacial score (nSPS) is 23.2. The van der Waals surface area contributed by atoms with E-state index in [9.17, 15) is 0 Å². The van der Waals surface area contributed by atoms with Crippen LogP contribution in [0.15, 0.2) is 24.3 Å². The van der Waals surface area contributed by atoms with Crippen LogP contribution in [0.4, 0.5) is 0 Å². The third kappa shape index (κ3) is 4.70. The molecule has 0 spiro atoms. The molecule has 0 bridgehead atoms. The monoisotopic (exact) mass is 292 g/mol. The first kappa shape index (κ1) is 16.3. The Morgan fingerprint density at radius 3 is 3.00 bits per heavy atom. The van der Waals surface area contributed by atoms with Crippen molar-refractivity contribution in [2.24, 2.45) is 5.73 Å². The van der Waals surface area contributed by atoms with Gasteiger partial charge in [0.1, 0.15) is 5.75 Å². The maximum atomic E-state index is 5.94. The van der Waals surface area contributed by atoms with Gasteiger partial charge in [0.2, 0.25) is 0 Å². The predicted octanol–water partition coefficient (Wildman–Crippen LogP) is 2.63. The Balaban J connectivity index is 1.96. The molecule has 21 heavy (non-hydrogen) atoms. The second-order valence-electron chi connectivity index (χ2n) is 5.99. The molecule has 4 nitrogen and oxygen atoms in total. The number of benzene rings is 1. The van der Waals surface area contributed by atoms with Crippen molar-refractivity contribution in [1.29, 1.82) is 0 Å². The number of ether oxygens (including phenoxy) is 2. The zero-order valence-corrected chi connectivity index (χ0v) is 13.2. The van der Waals surface area contributed by atoms with Crippen molar-refractivity contribution in [2.45, 2.75) is 44.8 Å². The van der Waals surface area contributed by atoms with Gasteiger partial charge in [0, 0.05) is 25.7 Å². The van der Waals surface area contributed by atoms with Gasteiger partial charge < -0.3 is 20.5 Å². The number of hydrogen-bond donors (Lipinski definition) is 2. The molecule has 1 aromatic carbocycles. The summed E-state index contributed by atoms with van der Waals surface area (Å²) in [6.45, 7) is 7.28. The van der Waals surface area contributed by atoms with Crippen LogP contribution >= 0.6 is 0 Å². The Morgan fingerprint density at radius 2 is 2.33 bits per heavy atom. The lowest BCUT2D eigenvalue weighted by Gasteiger charge is -2.27. The van der Waals surface area contributed by atoms with Crippen molar-refractivity contribution in [1.82, 2.24) is 5.32 Å². The minimum atomic E-state index is -0.0518. The fourth-order valence-corrected chi connectivity index (χ4v) is 2.69. The fourth-order valence-electron chi connectivity index (χ4n) is 2.69. The zero-order valence-electron chi connectivity index (χ0n) is 13.2. The van der Waals surface area contributed by atoms with E-state index in [1.54, 1.807) is 0 Å². The highest BCUT2D eigenvalue weighted by Gasteiger charge is 2.30. The van der Waals surface area contributed by atoms with Gasteiger partial charge in [0.05, 0.1) is 12.2 Å². The highest BCUT2D eigenvalue weighted by molar-refractivity contribution is 5.30.